The van der Waals surface area contributed by atoms with Crippen molar-refractivity contribution in [2.24, 2.45) is 5.10 Å². The highest BCUT2D eigenvalue weighted by Gasteiger charge is 2.08. The maximum absolute atomic E-state index is 11.2. The fourth-order valence-corrected chi connectivity index (χ4v) is 2.00. The van der Waals surface area contributed by atoms with E-state index in [0.717, 1.165) is 5.56 Å². The quantitative estimate of drug-likeness (QED) is 0.584. The Morgan fingerprint density at radius 3 is 2.48 bits per heavy atom. The Balaban J connectivity index is 2.21. The van der Waals surface area contributed by atoms with E-state index in [1.54, 1.807) is 37.3 Å². The average Bonchev–Trinajstić information content (AvgIpc) is 2.52. The number of rotatable bonds is 5. The van der Waals surface area contributed by atoms with Crippen molar-refractivity contribution in [3.8, 4) is 0 Å². The minimum atomic E-state index is -1.02. The maximum Gasteiger partial charge on any atom is 0.337 e. The number of carbonyl (C=O) groups excluding carboxylic acids is 1. The number of hydrazone groups is 1. The first-order valence-electron chi connectivity index (χ1n) is 6.98. The zero-order chi connectivity index (χ0) is 16.8. The number of hydrogen-bond acceptors (Lipinski definition) is 4. The van der Waals surface area contributed by atoms with Gasteiger partial charge in [-0.1, -0.05) is 24.3 Å². The summed E-state index contributed by atoms with van der Waals surface area (Å²) in [7, 11) is 0. The van der Waals surface area contributed by atoms with Gasteiger partial charge in [-0.25, -0.2) is 4.79 Å². The summed E-state index contributed by atoms with van der Waals surface area (Å²) >= 11 is 0. The second kappa shape index (κ2) is 7.22. The number of benzene rings is 2. The van der Waals surface area contributed by atoms with Gasteiger partial charge in [-0.05, 0) is 36.8 Å². The van der Waals surface area contributed by atoms with Crippen molar-refractivity contribution < 1.29 is 14.7 Å². The van der Waals surface area contributed by atoms with Gasteiger partial charge in [0.1, 0.15) is 0 Å². The summed E-state index contributed by atoms with van der Waals surface area (Å²) in [6, 6.07) is 13.8. The van der Waals surface area contributed by atoms with Gasteiger partial charge >= 0.3 is 5.97 Å². The van der Waals surface area contributed by atoms with E-state index < -0.39 is 5.97 Å². The molecule has 0 bridgehead atoms. The molecule has 0 atom stereocenters. The molecule has 0 fully saturated rings. The van der Waals surface area contributed by atoms with E-state index in [1.807, 2.05) is 12.1 Å². The minimum Gasteiger partial charge on any atom is -0.478 e. The zero-order valence-electron chi connectivity index (χ0n) is 12.8. The molecule has 0 radical (unpaired) electrons. The highest BCUT2D eigenvalue weighted by Crippen LogP contribution is 2.16. The number of carboxylic acid groups (broad SMARTS) is 1. The highest BCUT2D eigenvalue weighted by atomic mass is 16.4. The lowest BCUT2D eigenvalue weighted by molar-refractivity contribution is -0.114. The van der Waals surface area contributed by atoms with Crippen LogP contribution in [0.3, 0.4) is 0 Å². The third-order valence-electron chi connectivity index (χ3n) is 3.10. The third-order valence-corrected chi connectivity index (χ3v) is 3.10. The fourth-order valence-electron chi connectivity index (χ4n) is 2.00. The van der Waals surface area contributed by atoms with E-state index in [9.17, 15) is 9.59 Å². The van der Waals surface area contributed by atoms with Crippen LogP contribution < -0.4 is 10.7 Å². The molecule has 0 saturated carbocycles. The third kappa shape index (κ3) is 4.41. The van der Waals surface area contributed by atoms with Gasteiger partial charge in [0.25, 0.3) is 0 Å². The van der Waals surface area contributed by atoms with Crippen LogP contribution in [0.4, 0.5) is 11.4 Å². The summed E-state index contributed by atoms with van der Waals surface area (Å²) in [5.74, 6) is -1.17. The number of carbonyl (C=O) groups is 2. The molecule has 0 aliphatic carbocycles. The number of nitrogens with zero attached hydrogens (tertiary/aromatic N) is 1. The number of amides is 1. The standard InChI is InChI=1S/C17H17N3O3/c1-11(13-6-5-7-14(10-13)18-12(2)21)19-20-16-9-4-3-8-15(16)17(22)23/h3-10,20H,1-2H3,(H,18,21)(H,22,23)/b19-11+. The molecule has 2 aromatic carbocycles. The second-order valence-corrected chi connectivity index (χ2v) is 4.92. The Morgan fingerprint density at radius 1 is 1.04 bits per heavy atom. The monoisotopic (exact) mass is 311 g/mol. The summed E-state index contributed by atoms with van der Waals surface area (Å²) < 4.78 is 0. The first kappa shape index (κ1) is 16.2. The summed E-state index contributed by atoms with van der Waals surface area (Å²) in [5, 5.41) is 16.1. The molecule has 0 aromatic heterocycles. The molecule has 6 heteroatoms. The molecule has 118 valence electrons. The van der Waals surface area contributed by atoms with Crippen molar-refractivity contribution in [1.29, 1.82) is 0 Å². The molecule has 3 N–H and O–H groups in total. The number of hydrogen-bond donors (Lipinski definition) is 3. The first-order valence-corrected chi connectivity index (χ1v) is 6.98. The molecule has 0 unspecified atom stereocenters. The first-order chi connectivity index (χ1) is 11.0. The fraction of sp³-hybridized carbons (Fsp3) is 0.118. The molecule has 6 nitrogen and oxygen atoms in total. The van der Waals surface area contributed by atoms with Crippen LogP contribution in [0.15, 0.2) is 53.6 Å². The maximum atomic E-state index is 11.2. The minimum absolute atomic E-state index is 0.148. The number of carboxylic acids is 1. The van der Waals surface area contributed by atoms with Crippen LogP contribution in [-0.2, 0) is 4.79 Å². The second-order valence-electron chi connectivity index (χ2n) is 4.92. The zero-order valence-corrected chi connectivity index (χ0v) is 12.8. The van der Waals surface area contributed by atoms with Crippen LogP contribution >= 0.6 is 0 Å². The van der Waals surface area contributed by atoms with Gasteiger partial charge in [0, 0.05) is 12.6 Å². The summed E-state index contributed by atoms with van der Waals surface area (Å²) in [6.45, 7) is 3.24. The molecular formula is C17H17N3O3. The van der Waals surface area contributed by atoms with Gasteiger partial charge in [0.15, 0.2) is 0 Å². The van der Waals surface area contributed by atoms with Crippen molar-refractivity contribution >= 4 is 29.0 Å². The molecule has 0 aliphatic heterocycles. The Bertz CT molecular complexity index is 769. The topological polar surface area (TPSA) is 90.8 Å². The van der Waals surface area contributed by atoms with Crippen LogP contribution in [0.2, 0.25) is 0 Å². The summed E-state index contributed by atoms with van der Waals surface area (Å²) in [6.07, 6.45) is 0. The molecule has 2 aromatic rings. The smallest absolute Gasteiger partial charge is 0.337 e. The van der Waals surface area contributed by atoms with Gasteiger partial charge in [-0.3, -0.25) is 10.2 Å². The highest BCUT2D eigenvalue weighted by molar-refractivity contribution is 6.01. The predicted molar refractivity (Wildman–Crippen MR) is 90.0 cm³/mol. The van der Waals surface area contributed by atoms with Crippen molar-refractivity contribution in [2.75, 3.05) is 10.7 Å². The van der Waals surface area contributed by atoms with Crippen LogP contribution in [-0.4, -0.2) is 22.7 Å². The van der Waals surface area contributed by atoms with Crippen LogP contribution in [0.25, 0.3) is 0 Å². The normalized spacial score (nSPS) is 11.0. The van der Waals surface area contributed by atoms with Gasteiger partial charge in [-0.15, -0.1) is 0 Å². The predicted octanol–water partition coefficient (Wildman–Crippen LogP) is 3.18. The van der Waals surface area contributed by atoms with Gasteiger partial charge < -0.3 is 10.4 Å². The Labute approximate surface area is 133 Å². The van der Waals surface area contributed by atoms with Gasteiger partial charge in [-0.2, -0.15) is 5.10 Å². The molecule has 1 amide bonds. The van der Waals surface area contributed by atoms with E-state index in [1.165, 1.54) is 13.0 Å². The summed E-state index contributed by atoms with van der Waals surface area (Å²) in [5.41, 5.74) is 5.49. The van der Waals surface area contributed by atoms with Crippen molar-refractivity contribution in [3.05, 3.63) is 59.7 Å². The SMILES string of the molecule is CC(=O)Nc1cccc(/C(C)=N/Nc2ccccc2C(=O)O)c1. The van der Waals surface area contributed by atoms with Gasteiger partial charge in [0.2, 0.25) is 5.91 Å². The number of aromatic carboxylic acids is 1. The average molecular weight is 311 g/mol. The molecular weight excluding hydrogens is 294 g/mol. The number of nitrogens with one attached hydrogen (secondary N) is 2. The summed E-state index contributed by atoms with van der Waals surface area (Å²) in [4.78, 5) is 22.3. The van der Waals surface area contributed by atoms with Gasteiger partial charge in [0.05, 0.1) is 17.0 Å². The van der Waals surface area contributed by atoms with Crippen LogP contribution in [0.5, 0.6) is 0 Å². The van der Waals surface area contributed by atoms with E-state index in [-0.39, 0.29) is 11.5 Å². The molecule has 2 rings (SSSR count). The Kier molecular flexibility index (Phi) is 5.09. The molecule has 23 heavy (non-hydrogen) atoms. The van der Waals surface area contributed by atoms with Crippen LogP contribution in [0.1, 0.15) is 29.8 Å². The molecule has 0 spiro atoms. The molecule has 0 aliphatic rings. The van der Waals surface area contributed by atoms with Crippen LogP contribution in [0, 0.1) is 0 Å². The number of anilines is 2. The Hall–Kier alpha value is -3.15. The molecule has 0 heterocycles. The lowest BCUT2D eigenvalue weighted by Crippen LogP contribution is -2.07. The van der Waals surface area contributed by atoms with E-state index in [2.05, 4.69) is 15.8 Å². The number of para-hydroxylation sites is 1. The lowest BCUT2D eigenvalue weighted by atomic mass is 10.1. The van der Waals surface area contributed by atoms with E-state index in [0.29, 0.717) is 17.1 Å². The largest absolute Gasteiger partial charge is 0.478 e. The lowest BCUT2D eigenvalue weighted by Gasteiger charge is -2.08. The molecule has 0 saturated heterocycles. The van der Waals surface area contributed by atoms with Crippen molar-refractivity contribution in [1.82, 2.24) is 0 Å². The van der Waals surface area contributed by atoms with E-state index >= 15 is 0 Å². The van der Waals surface area contributed by atoms with Crippen molar-refractivity contribution in [2.45, 2.75) is 13.8 Å². The van der Waals surface area contributed by atoms with Crippen molar-refractivity contribution in [3.63, 3.8) is 0 Å². The Morgan fingerprint density at radius 2 is 1.78 bits per heavy atom. The van der Waals surface area contributed by atoms with E-state index in [4.69, 9.17) is 5.11 Å².